The Morgan fingerprint density at radius 3 is 0.773 bits per heavy atom. The standard InChI is InChI=1S/C18H30BP3/c1-7-13-20(14-8-2)19(21(15-9-3)16-10-4)22(17-11-5)18-12-6/h7-12H,1-6,13-18H2. The monoisotopic (exact) mass is 350 g/mol. The van der Waals surface area contributed by atoms with Crippen LogP contribution in [0.15, 0.2) is 75.9 Å². The van der Waals surface area contributed by atoms with Gasteiger partial charge in [0.05, 0.1) is 0 Å². The van der Waals surface area contributed by atoms with Crippen LogP contribution in [-0.4, -0.2) is 42.8 Å². The molecule has 0 atom stereocenters. The minimum absolute atomic E-state index is 0.119. The van der Waals surface area contributed by atoms with Crippen LogP contribution in [0.3, 0.4) is 0 Å². The first kappa shape index (κ1) is 21.8. The van der Waals surface area contributed by atoms with Crippen molar-refractivity contribution in [3.05, 3.63) is 75.9 Å². The van der Waals surface area contributed by atoms with Crippen LogP contribution in [-0.2, 0) is 0 Å². The molecule has 0 bridgehead atoms. The second-order valence-corrected chi connectivity index (χ2v) is 13.4. The van der Waals surface area contributed by atoms with E-state index < -0.39 is 0 Å². The average Bonchev–Trinajstić information content (AvgIpc) is 2.49. The van der Waals surface area contributed by atoms with Crippen molar-refractivity contribution in [2.45, 2.75) is 0 Å². The molecule has 0 aliphatic rings. The predicted octanol–water partition coefficient (Wildman–Crippen LogP) is 6.53. The van der Waals surface area contributed by atoms with Crippen molar-refractivity contribution in [3.63, 3.8) is 0 Å². The van der Waals surface area contributed by atoms with Gasteiger partial charge < -0.3 is 0 Å². The lowest BCUT2D eigenvalue weighted by Gasteiger charge is -2.36. The Kier molecular flexibility index (Phi) is 14.3. The zero-order valence-electron chi connectivity index (χ0n) is 13.9. The lowest BCUT2D eigenvalue weighted by molar-refractivity contribution is 1.67. The quantitative estimate of drug-likeness (QED) is 0.179. The summed E-state index contributed by atoms with van der Waals surface area (Å²) >= 11 is 0. The van der Waals surface area contributed by atoms with Gasteiger partial charge in [-0.1, -0.05) is 36.5 Å². The maximum atomic E-state index is 3.98. The summed E-state index contributed by atoms with van der Waals surface area (Å²) in [6, 6.07) is 0. The van der Waals surface area contributed by atoms with E-state index in [4.69, 9.17) is 0 Å². The molecule has 0 aromatic heterocycles. The van der Waals surface area contributed by atoms with Gasteiger partial charge in [0, 0.05) is 0 Å². The van der Waals surface area contributed by atoms with Gasteiger partial charge in [0.15, 0.2) is 0 Å². The van der Waals surface area contributed by atoms with Crippen LogP contribution in [0.25, 0.3) is 0 Å². The van der Waals surface area contributed by atoms with E-state index in [9.17, 15) is 0 Å². The van der Waals surface area contributed by atoms with Crippen LogP contribution < -0.4 is 0 Å². The van der Waals surface area contributed by atoms with Crippen molar-refractivity contribution in [3.8, 4) is 0 Å². The Labute approximate surface area is 142 Å². The average molecular weight is 350 g/mol. The maximum absolute atomic E-state index is 3.98. The number of allylic oxidation sites excluding steroid dienone is 6. The first-order valence-electron chi connectivity index (χ1n) is 7.57. The molecule has 0 aliphatic heterocycles. The third kappa shape index (κ3) is 7.88. The largest absolute Gasteiger partial charge is 0.230 e. The molecule has 0 aromatic carbocycles. The normalized spacial score (nSPS) is 10.5. The molecule has 120 valence electrons. The minimum atomic E-state index is -0.119. The maximum Gasteiger partial charge on any atom is 0.230 e. The lowest BCUT2D eigenvalue weighted by Crippen LogP contribution is -2.16. The van der Waals surface area contributed by atoms with Crippen LogP contribution in [0.2, 0.25) is 0 Å². The number of hydrogen-bond acceptors (Lipinski definition) is 0. The Morgan fingerprint density at radius 1 is 0.455 bits per heavy atom. The van der Waals surface area contributed by atoms with Crippen molar-refractivity contribution in [1.29, 1.82) is 0 Å². The molecule has 0 amide bonds. The van der Waals surface area contributed by atoms with Crippen LogP contribution >= 0.6 is 23.4 Å². The van der Waals surface area contributed by atoms with Gasteiger partial charge in [-0.05, 0) is 37.0 Å². The zero-order valence-corrected chi connectivity index (χ0v) is 16.6. The molecular formula is C18H30BP3. The molecule has 4 heteroatoms. The van der Waals surface area contributed by atoms with E-state index in [0.29, 0.717) is 0 Å². The molecular weight excluding hydrogens is 320 g/mol. The molecule has 0 heterocycles. The van der Waals surface area contributed by atoms with E-state index in [2.05, 4.69) is 75.9 Å². The highest BCUT2D eigenvalue weighted by molar-refractivity contribution is 8.42. The van der Waals surface area contributed by atoms with Gasteiger partial charge in [0.25, 0.3) is 0 Å². The van der Waals surface area contributed by atoms with Crippen LogP contribution in [0.5, 0.6) is 0 Å². The predicted molar refractivity (Wildman–Crippen MR) is 117 cm³/mol. The summed E-state index contributed by atoms with van der Waals surface area (Å²) in [7, 11) is -0.356. The van der Waals surface area contributed by atoms with Gasteiger partial charge >= 0.3 is 0 Å². The first-order valence-corrected chi connectivity index (χ1v) is 12.9. The fourth-order valence-electron chi connectivity index (χ4n) is 2.48. The molecule has 0 aromatic rings. The van der Waals surface area contributed by atoms with Gasteiger partial charge in [0.1, 0.15) is 0 Å². The Balaban J connectivity index is 5.61. The van der Waals surface area contributed by atoms with E-state index in [-0.39, 0.29) is 23.4 Å². The molecule has 0 rings (SSSR count). The molecule has 0 unspecified atom stereocenters. The second-order valence-electron chi connectivity index (χ2n) is 4.94. The van der Waals surface area contributed by atoms with Crippen molar-refractivity contribution < 1.29 is 0 Å². The van der Waals surface area contributed by atoms with Gasteiger partial charge in [-0.3, -0.25) is 0 Å². The summed E-state index contributed by atoms with van der Waals surface area (Å²) in [5.74, 6) is 0.767. The highest BCUT2D eigenvalue weighted by atomic mass is 31.2. The summed E-state index contributed by atoms with van der Waals surface area (Å²) in [4.78, 5) is 0. The molecule has 0 saturated heterocycles. The van der Waals surface area contributed by atoms with Gasteiger partial charge in [-0.25, -0.2) is 0 Å². The Hall–Kier alpha value is -0.205. The van der Waals surface area contributed by atoms with E-state index in [1.807, 2.05) is 0 Å². The van der Waals surface area contributed by atoms with Crippen molar-refractivity contribution in [1.82, 2.24) is 0 Å². The Morgan fingerprint density at radius 2 is 0.636 bits per heavy atom. The molecule has 0 N–H and O–H groups in total. The first-order chi connectivity index (χ1) is 10.7. The van der Waals surface area contributed by atoms with Crippen molar-refractivity contribution in [2.75, 3.05) is 37.0 Å². The van der Waals surface area contributed by atoms with Crippen molar-refractivity contribution in [2.24, 2.45) is 0 Å². The molecule has 0 fully saturated rings. The molecule has 0 radical (unpaired) electrons. The number of rotatable bonds is 15. The molecule has 0 aliphatic carbocycles. The summed E-state index contributed by atoms with van der Waals surface area (Å²) in [6.07, 6.45) is 19.2. The second kappa shape index (κ2) is 14.4. The highest BCUT2D eigenvalue weighted by Gasteiger charge is 2.35. The van der Waals surface area contributed by atoms with E-state index in [1.54, 1.807) is 0 Å². The van der Waals surface area contributed by atoms with E-state index >= 15 is 0 Å². The third-order valence-electron chi connectivity index (χ3n) is 3.16. The van der Waals surface area contributed by atoms with Gasteiger partial charge in [-0.2, -0.15) is 0 Å². The summed E-state index contributed by atoms with van der Waals surface area (Å²) in [5.41, 5.74) is 0. The van der Waals surface area contributed by atoms with Crippen molar-refractivity contribution >= 4 is 29.3 Å². The van der Waals surface area contributed by atoms with E-state index in [1.165, 1.54) is 0 Å². The zero-order chi connectivity index (χ0) is 16.8. The molecule has 22 heavy (non-hydrogen) atoms. The van der Waals surface area contributed by atoms with Crippen LogP contribution in [0, 0.1) is 0 Å². The van der Waals surface area contributed by atoms with Gasteiger partial charge in [0.2, 0.25) is 5.87 Å². The summed E-state index contributed by atoms with van der Waals surface area (Å²) in [5, 5.41) is 0. The topological polar surface area (TPSA) is 0 Å². The smallest absolute Gasteiger partial charge is 0.121 e. The molecule has 0 spiro atoms. The summed E-state index contributed by atoms with van der Waals surface area (Å²) < 4.78 is 0. The Bertz CT molecular complexity index is 291. The SMILES string of the molecule is C=CCP(CC=C)B(P(CC=C)CC=C)P(CC=C)CC=C. The minimum Gasteiger partial charge on any atom is -0.121 e. The summed E-state index contributed by atoms with van der Waals surface area (Å²) in [6.45, 7) is 23.9. The van der Waals surface area contributed by atoms with Crippen LogP contribution in [0.4, 0.5) is 0 Å². The molecule has 0 saturated carbocycles. The number of hydrogen-bond donors (Lipinski definition) is 0. The third-order valence-corrected chi connectivity index (χ3v) is 15.4. The van der Waals surface area contributed by atoms with Crippen LogP contribution in [0.1, 0.15) is 0 Å². The lowest BCUT2D eigenvalue weighted by atomic mass is 10.6. The fraction of sp³-hybridized carbons (Fsp3) is 0.333. The molecule has 0 nitrogen and oxygen atoms in total. The van der Waals surface area contributed by atoms with E-state index in [0.717, 1.165) is 42.8 Å². The van der Waals surface area contributed by atoms with Gasteiger partial charge in [-0.15, -0.1) is 62.9 Å². The highest BCUT2D eigenvalue weighted by Crippen LogP contribution is 2.67. The fourth-order valence-corrected chi connectivity index (χ4v) is 15.0.